The number of rotatable bonds is 4. The summed E-state index contributed by atoms with van der Waals surface area (Å²) >= 11 is 8.24. The average molecular weight is 390 g/mol. The van der Waals surface area contributed by atoms with Gasteiger partial charge in [-0.05, 0) is 40.2 Å². The molecule has 0 aliphatic heterocycles. The monoisotopic (exact) mass is 388 g/mol. The van der Waals surface area contributed by atoms with Crippen molar-refractivity contribution in [2.24, 2.45) is 7.05 Å². The number of ketones is 1. The molecule has 0 N–H and O–H groups in total. The van der Waals surface area contributed by atoms with Crippen LogP contribution in [0, 0.1) is 0 Å². The van der Waals surface area contributed by atoms with Crippen molar-refractivity contribution < 1.29 is 4.79 Å². The molecule has 0 fully saturated rings. The SMILES string of the molecule is Cn1ncc(Br)c1C(=O)CSc1ccc(Br)cc1. The largest absolute Gasteiger partial charge is 0.291 e. The molecule has 1 aromatic carbocycles. The standard InChI is InChI=1S/C12H10Br2N2OS/c1-16-12(10(14)6-15-16)11(17)7-18-9-4-2-8(13)3-5-9/h2-6H,7H2,1H3. The Hall–Kier alpha value is -0.590. The normalized spacial score (nSPS) is 10.6. The van der Waals surface area contributed by atoms with Crippen LogP contribution in [0.4, 0.5) is 0 Å². The molecule has 0 atom stereocenters. The van der Waals surface area contributed by atoms with E-state index in [0.29, 0.717) is 11.4 Å². The van der Waals surface area contributed by atoms with Crippen molar-refractivity contribution >= 4 is 49.4 Å². The Morgan fingerprint density at radius 2 is 2.00 bits per heavy atom. The summed E-state index contributed by atoms with van der Waals surface area (Å²) in [4.78, 5) is 13.1. The summed E-state index contributed by atoms with van der Waals surface area (Å²) in [5.74, 6) is 0.467. The van der Waals surface area contributed by atoms with E-state index in [4.69, 9.17) is 0 Å². The fraction of sp³-hybridized carbons (Fsp3) is 0.167. The molecule has 0 saturated heterocycles. The van der Waals surface area contributed by atoms with Gasteiger partial charge in [-0.2, -0.15) is 5.10 Å². The molecule has 2 aromatic rings. The first kappa shape index (κ1) is 13.8. The van der Waals surface area contributed by atoms with Gasteiger partial charge in [0.2, 0.25) is 0 Å². The Bertz CT molecular complexity index is 546. The number of hydrogen-bond acceptors (Lipinski definition) is 3. The van der Waals surface area contributed by atoms with Gasteiger partial charge in [0.05, 0.1) is 16.4 Å². The Balaban J connectivity index is 2.03. The van der Waals surface area contributed by atoms with Crippen molar-refractivity contribution in [3.63, 3.8) is 0 Å². The van der Waals surface area contributed by atoms with Crippen LogP contribution in [0.1, 0.15) is 10.5 Å². The van der Waals surface area contributed by atoms with Crippen LogP contribution in [0.15, 0.2) is 44.3 Å². The lowest BCUT2D eigenvalue weighted by Crippen LogP contribution is -2.09. The summed E-state index contributed by atoms with van der Waals surface area (Å²) in [6.07, 6.45) is 1.64. The number of halogens is 2. The van der Waals surface area contributed by atoms with E-state index in [9.17, 15) is 4.79 Å². The van der Waals surface area contributed by atoms with Gasteiger partial charge >= 0.3 is 0 Å². The molecule has 0 bridgehead atoms. The van der Waals surface area contributed by atoms with Gasteiger partial charge in [-0.3, -0.25) is 9.48 Å². The zero-order valence-electron chi connectivity index (χ0n) is 9.56. The maximum absolute atomic E-state index is 12.1. The highest BCUT2D eigenvalue weighted by molar-refractivity contribution is 9.10. The Morgan fingerprint density at radius 3 is 2.56 bits per heavy atom. The van der Waals surface area contributed by atoms with E-state index in [-0.39, 0.29) is 5.78 Å². The third-order valence-corrected chi connectivity index (χ3v) is 4.46. The highest BCUT2D eigenvalue weighted by Crippen LogP contribution is 2.23. The summed E-state index contributed by atoms with van der Waals surface area (Å²) < 4.78 is 3.37. The van der Waals surface area contributed by atoms with Crippen LogP contribution < -0.4 is 0 Å². The van der Waals surface area contributed by atoms with Crippen molar-refractivity contribution in [2.75, 3.05) is 5.75 Å². The molecule has 0 aliphatic rings. The van der Waals surface area contributed by atoms with E-state index in [2.05, 4.69) is 37.0 Å². The van der Waals surface area contributed by atoms with Crippen LogP contribution in [0.5, 0.6) is 0 Å². The van der Waals surface area contributed by atoms with Crippen molar-refractivity contribution in [3.8, 4) is 0 Å². The van der Waals surface area contributed by atoms with Gasteiger partial charge in [0.1, 0.15) is 5.69 Å². The molecule has 6 heteroatoms. The average Bonchev–Trinajstić information content (AvgIpc) is 2.68. The van der Waals surface area contributed by atoms with Gasteiger partial charge in [0.25, 0.3) is 0 Å². The highest BCUT2D eigenvalue weighted by Gasteiger charge is 2.15. The lowest BCUT2D eigenvalue weighted by atomic mass is 10.3. The number of carbonyl (C=O) groups excluding carboxylic acids is 1. The minimum absolute atomic E-state index is 0.0646. The Morgan fingerprint density at radius 1 is 1.33 bits per heavy atom. The second-order valence-electron chi connectivity index (χ2n) is 3.63. The van der Waals surface area contributed by atoms with Gasteiger partial charge < -0.3 is 0 Å². The van der Waals surface area contributed by atoms with Gasteiger partial charge in [0.15, 0.2) is 5.78 Å². The van der Waals surface area contributed by atoms with Crippen molar-refractivity contribution in [1.29, 1.82) is 0 Å². The zero-order valence-corrected chi connectivity index (χ0v) is 13.5. The molecule has 1 heterocycles. The molecular weight excluding hydrogens is 380 g/mol. The number of thioether (sulfide) groups is 1. The molecule has 2 rings (SSSR count). The number of carbonyl (C=O) groups is 1. The summed E-state index contributed by atoms with van der Waals surface area (Å²) in [7, 11) is 1.77. The van der Waals surface area contributed by atoms with Gasteiger partial charge in [0, 0.05) is 16.4 Å². The van der Waals surface area contributed by atoms with Crippen molar-refractivity contribution in [1.82, 2.24) is 9.78 Å². The topological polar surface area (TPSA) is 34.9 Å². The molecule has 0 spiro atoms. The third kappa shape index (κ3) is 3.24. The van der Waals surface area contributed by atoms with E-state index in [1.165, 1.54) is 11.8 Å². The quantitative estimate of drug-likeness (QED) is 0.587. The molecule has 0 saturated carbocycles. The first-order valence-corrected chi connectivity index (χ1v) is 7.74. The van der Waals surface area contributed by atoms with E-state index < -0.39 is 0 Å². The minimum Gasteiger partial charge on any atom is -0.291 e. The molecule has 0 amide bonds. The maximum atomic E-state index is 12.1. The van der Waals surface area contributed by atoms with E-state index in [0.717, 1.165) is 13.8 Å². The first-order chi connectivity index (χ1) is 8.58. The number of hydrogen-bond donors (Lipinski definition) is 0. The number of aryl methyl sites for hydroxylation is 1. The summed E-state index contributed by atoms with van der Waals surface area (Å²) in [5, 5.41) is 4.04. The first-order valence-electron chi connectivity index (χ1n) is 5.17. The van der Waals surface area contributed by atoms with Crippen LogP contribution >= 0.6 is 43.6 Å². The summed E-state index contributed by atoms with van der Waals surface area (Å²) in [6.45, 7) is 0. The van der Waals surface area contributed by atoms with Crippen molar-refractivity contribution in [2.45, 2.75) is 4.90 Å². The zero-order chi connectivity index (χ0) is 13.1. The number of Topliss-reactive ketones (excluding diaryl/α,β-unsaturated/α-hetero) is 1. The smallest absolute Gasteiger partial charge is 0.192 e. The molecule has 94 valence electrons. The number of nitrogens with zero attached hydrogens (tertiary/aromatic N) is 2. The molecular formula is C12H10Br2N2OS. The van der Waals surface area contributed by atoms with E-state index in [1.807, 2.05) is 24.3 Å². The molecule has 0 aliphatic carbocycles. The molecule has 3 nitrogen and oxygen atoms in total. The van der Waals surface area contributed by atoms with Crippen molar-refractivity contribution in [3.05, 3.63) is 45.1 Å². The third-order valence-electron chi connectivity index (χ3n) is 2.34. The lowest BCUT2D eigenvalue weighted by Gasteiger charge is -2.03. The maximum Gasteiger partial charge on any atom is 0.192 e. The fourth-order valence-corrected chi connectivity index (χ4v) is 3.07. The lowest BCUT2D eigenvalue weighted by molar-refractivity contribution is 0.101. The second-order valence-corrected chi connectivity index (χ2v) is 6.45. The Labute approximate surface area is 126 Å². The van der Waals surface area contributed by atoms with Crippen LogP contribution in [0.2, 0.25) is 0 Å². The predicted molar refractivity (Wildman–Crippen MR) is 80.1 cm³/mol. The predicted octanol–water partition coefficient (Wildman–Crippen LogP) is 3.92. The van der Waals surface area contributed by atoms with E-state index >= 15 is 0 Å². The Kier molecular flexibility index (Phi) is 4.64. The summed E-state index contributed by atoms with van der Waals surface area (Å²) in [6, 6.07) is 7.90. The van der Waals surface area contributed by atoms with Gasteiger partial charge in [-0.1, -0.05) is 15.9 Å². The molecule has 1 aromatic heterocycles. The number of aromatic nitrogens is 2. The van der Waals surface area contributed by atoms with Crippen LogP contribution in [0.25, 0.3) is 0 Å². The molecule has 18 heavy (non-hydrogen) atoms. The van der Waals surface area contributed by atoms with Gasteiger partial charge in [-0.15, -0.1) is 11.8 Å². The fourth-order valence-electron chi connectivity index (χ4n) is 1.47. The summed E-state index contributed by atoms with van der Waals surface area (Å²) in [5.41, 5.74) is 0.611. The molecule has 0 unspecified atom stereocenters. The van der Waals surface area contributed by atoms with Crippen LogP contribution in [-0.4, -0.2) is 21.3 Å². The number of benzene rings is 1. The second kappa shape index (κ2) is 6.04. The van der Waals surface area contributed by atoms with Crippen LogP contribution in [-0.2, 0) is 7.05 Å². The molecule has 0 radical (unpaired) electrons. The van der Waals surface area contributed by atoms with E-state index in [1.54, 1.807) is 17.9 Å². The van der Waals surface area contributed by atoms with Gasteiger partial charge in [-0.25, -0.2) is 0 Å². The van der Waals surface area contributed by atoms with Crippen LogP contribution in [0.3, 0.4) is 0 Å². The minimum atomic E-state index is 0.0646. The highest BCUT2D eigenvalue weighted by atomic mass is 79.9.